The van der Waals surface area contributed by atoms with E-state index in [0.717, 1.165) is 38.6 Å². The molecular weight excluding hydrogens is 380 g/mol. The van der Waals surface area contributed by atoms with Crippen LogP contribution in [0.4, 0.5) is 5.69 Å². The lowest BCUT2D eigenvalue weighted by Crippen LogP contribution is -2.16. The third-order valence-corrected chi connectivity index (χ3v) is 7.50. The summed E-state index contributed by atoms with van der Waals surface area (Å²) in [6, 6.07) is 5.80. The molecule has 7 heteroatoms. The zero-order chi connectivity index (χ0) is 19.9. The summed E-state index contributed by atoms with van der Waals surface area (Å²) in [5.74, 6) is 0.523. The van der Waals surface area contributed by atoms with Gasteiger partial charge >= 0.3 is 0 Å². The van der Waals surface area contributed by atoms with Gasteiger partial charge < -0.3 is 4.52 Å². The molecule has 0 aliphatic heterocycles. The maximum absolute atomic E-state index is 13.4. The summed E-state index contributed by atoms with van der Waals surface area (Å²) in [4.78, 5) is 1.90. The summed E-state index contributed by atoms with van der Waals surface area (Å²) in [5, 5.41) is 4.01. The zero-order valence-corrected chi connectivity index (χ0v) is 18.1. The van der Waals surface area contributed by atoms with Crippen LogP contribution in [0.1, 0.15) is 39.1 Å². The normalized spacial score (nSPS) is 11.8. The number of aromatic nitrogens is 1. The second-order valence-corrected chi connectivity index (χ2v) is 9.76. The molecule has 5 nitrogen and oxygen atoms in total. The lowest BCUT2D eigenvalue weighted by atomic mass is 10.1. The van der Waals surface area contributed by atoms with Crippen LogP contribution in [0, 0.1) is 34.6 Å². The Morgan fingerprint density at radius 2 is 1.81 bits per heavy atom. The topological polar surface area (TPSA) is 72.2 Å². The molecule has 0 bridgehead atoms. The number of nitrogens with one attached hydrogen (secondary N) is 1. The van der Waals surface area contributed by atoms with E-state index in [9.17, 15) is 8.42 Å². The van der Waals surface area contributed by atoms with Crippen molar-refractivity contribution in [3.63, 3.8) is 0 Å². The minimum absolute atomic E-state index is 0.273. The molecule has 2 aromatic heterocycles. The fourth-order valence-corrected chi connectivity index (χ4v) is 6.28. The second-order valence-electron chi connectivity index (χ2n) is 6.71. The van der Waals surface area contributed by atoms with Crippen molar-refractivity contribution in [1.29, 1.82) is 0 Å². The molecule has 0 aliphatic carbocycles. The highest BCUT2D eigenvalue weighted by Crippen LogP contribution is 2.41. The SMILES string of the molecule is CCc1cccc(C)c1NS(=O)(=O)c1c(C)sc(C)c1-c1onc(C)c1C. The Morgan fingerprint density at radius 3 is 2.41 bits per heavy atom. The third-order valence-electron chi connectivity index (χ3n) is 4.83. The smallest absolute Gasteiger partial charge is 0.263 e. The molecule has 3 rings (SSSR count). The first-order valence-corrected chi connectivity index (χ1v) is 11.1. The lowest BCUT2D eigenvalue weighted by Gasteiger charge is -2.15. The molecule has 144 valence electrons. The van der Waals surface area contributed by atoms with E-state index in [-0.39, 0.29) is 4.90 Å². The van der Waals surface area contributed by atoms with Gasteiger partial charge in [-0.3, -0.25) is 4.72 Å². The van der Waals surface area contributed by atoms with E-state index in [4.69, 9.17) is 4.52 Å². The molecule has 0 saturated carbocycles. The largest absolute Gasteiger partial charge is 0.356 e. The first kappa shape index (κ1) is 19.6. The van der Waals surface area contributed by atoms with Crippen molar-refractivity contribution in [3.05, 3.63) is 50.3 Å². The van der Waals surface area contributed by atoms with Crippen LogP contribution in [-0.2, 0) is 16.4 Å². The number of nitrogens with zero attached hydrogens (tertiary/aromatic N) is 1. The Balaban J connectivity index is 2.19. The molecule has 0 aliphatic rings. The van der Waals surface area contributed by atoms with Crippen LogP contribution >= 0.6 is 11.3 Å². The van der Waals surface area contributed by atoms with Gasteiger partial charge in [0.2, 0.25) is 0 Å². The Kier molecular flexibility index (Phi) is 5.18. The summed E-state index contributed by atoms with van der Waals surface area (Å²) in [6.07, 6.45) is 0.744. The molecule has 0 atom stereocenters. The van der Waals surface area contributed by atoms with Crippen LogP contribution < -0.4 is 4.72 Å². The quantitative estimate of drug-likeness (QED) is 0.625. The molecule has 0 radical (unpaired) electrons. The lowest BCUT2D eigenvalue weighted by molar-refractivity contribution is 0.426. The molecule has 1 aromatic carbocycles. The molecule has 2 heterocycles. The van der Waals surface area contributed by atoms with Crippen molar-refractivity contribution >= 4 is 27.0 Å². The fourth-order valence-electron chi connectivity index (χ4n) is 3.25. The van der Waals surface area contributed by atoms with Gasteiger partial charge in [-0.25, -0.2) is 8.42 Å². The van der Waals surface area contributed by atoms with Gasteiger partial charge in [0.25, 0.3) is 10.0 Å². The van der Waals surface area contributed by atoms with E-state index in [0.29, 0.717) is 17.0 Å². The van der Waals surface area contributed by atoms with Crippen LogP contribution in [0.3, 0.4) is 0 Å². The van der Waals surface area contributed by atoms with Gasteiger partial charge in [-0.05, 0) is 52.2 Å². The van der Waals surface area contributed by atoms with Crippen LogP contribution in [0.25, 0.3) is 11.3 Å². The first-order valence-electron chi connectivity index (χ1n) is 8.81. The Morgan fingerprint density at radius 1 is 1.11 bits per heavy atom. The maximum Gasteiger partial charge on any atom is 0.263 e. The number of anilines is 1. The summed E-state index contributed by atoms with van der Waals surface area (Å²) in [5.41, 5.74) is 4.75. The number of aryl methyl sites for hydroxylation is 5. The van der Waals surface area contributed by atoms with E-state index < -0.39 is 10.0 Å². The first-order chi connectivity index (χ1) is 12.7. The van der Waals surface area contributed by atoms with E-state index in [2.05, 4.69) is 9.88 Å². The zero-order valence-electron chi connectivity index (χ0n) is 16.4. The molecule has 0 fully saturated rings. The van der Waals surface area contributed by atoms with Crippen molar-refractivity contribution in [2.75, 3.05) is 4.72 Å². The van der Waals surface area contributed by atoms with Gasteiger partial charge in [-0.1, -0.05) is 30.3 Å². The van der Waals surface area contributed by atoms with E-state index in [1.165, 1.54) is 11.3 Å². The third kappa shape index (κ3) is 3.41. The monoisotopic (exact) mass is 404 g/mol. The molecule has 0 spiro atoms. The molecule has 3 aromatic rings. The summed E-state index contributed by atoms with van der Waals surface area (Å²) < 4.78 is 35.1. The number of thiophene rings is 1. The highest BCUT2D eigenvalue weighted by atomic mass is 32.2. The van der Waals surface area contributed by atoms with Crippen LogP contribution in [0.15, 0.2) is 27.6 Å². The highest BCUT2D eigenvalue weighted by molar-refractivity contribution is 7.93. The average Bonchev–Trinajstić information content (AvgIpc) is 3.08. The number of para-hydroxylation sites is 1. The predicted molar refractivity (Wildman–Crippen MR) is 110 cm³/mol. The van der Waals surface area contributed by atoms with Crippen molar-refractivity contribution < 1.29 is 12.9 Å². The summed E-state index contributed by atoms with van der Waals surface area (Å²) >= 11 is 1.45. The molecule has 1 N–H and O–H groups in total. The van der Waals surface area contributed by atoms with Gasteiger partial charge in [-0.2, -0.15) is 0 Å². The standard InChI is InChI=1S/C20H24N2O3S2/c1-7-16-10-8-9-11(2)18(16)22-27(23,24)20-15(6)26-14(5)17(20)19-12(3)13(4)21-25-19/h8-10,22H,7H2,1-6H3. The van der Waals surface area contributed by atoms with Crippen molar-refractivity contribution in [1.82, 2.24) is 5.16 Å². The van der Waals surface area contributed by atoms with E-state index in [1.807, 2.05) is 59.7 Å². The van der Waals surface area contributed by atoms with Gasteiger partial charge in [0.15, 0.2) is 5.76 Å². The number of benzene rings is 1. The van der Waals surface area contributed by atoms with Crippen molar-refractivity contribution in [2.45, 2.75) is 52.9 Å². The van der Waals surface area contributed by atoms with Gasteiger partial charge in [0.05, 0.1) is 16.9 Å². The molecule has 0 saturated heterocycles. The van der Waals surface area contributed by atoms with Crippen molar-refractivity contribution in [3.8, 4) is 11.3 Å². The van der Waals surface area contributed by atoms with Crippen molar-refractivity contribution in [2.24, 2.45) is 0 Å². The van der Waals surface area contributed by atoms with E-state index >= 15 is 0 Å². The highest BCUT2D eigenvalue weighted by Gasteiger charge is 2.30. The van der Waals surface area contributed by atoms with Crippen LogP contribution in [0.5, 0.6) is 0 Å². The number of hydrogen-bond donors (Lipinski definition) is 1. The average molecular weight is 405 g/mol. The van der Waals surface area contributed by atoms with Gasteiger partial charge in [0.1, 0.15) is 4.90 Å². The van der Waals surface area contributed by atoms with Gasteiger partial charge in [-0.15, -0.1) is 11.3 Å². The summed E-state index contributed by atoms with van der Waals surface area (Å²) in [6.45, 7) is 11.4. The minimum atomic E-state index is -3.79. The maximum atomic E-state index is 13.4. The Bertz CT molecular complexity index is 1110. The van der Waals surface area contributed by atoms with Gasteiger partial charge in [0, 0.05) is 15.3 Å². The predicted octanol–water partition coefficient (Wildman–Crippen LogP) is 5.31. The number of rotatable bonds is 5. The number of sulfonamides is 1. The molecular formula is C20H24N2O3S2. The van der Waals surface area contributed by atoms with Crippen LogP contribution in [-0.4, -0.2) is 13.6 Å². The second kappa shape index (κ2) is 7.13. The molecule has 27 heavy (non-hydrogen) atoms. The molecule has 0 unspecified atom stereocenters. The summed E-state index contributed by atoms with van der Waals surface area (Å²) in [7, 11) is -3.79. The molecule has 0 amide bonds. The minimum Gasteiger partial charge on any atom is -0.356 e. The Hall–Kier alpha value is -2.12. The van der Waals surface area contributed by atoms with E-state index in [1.54, 1.807) is 0 Å². The Labute approximate surface area is 164 Å². The number of hydrogen-bond acceptors (Lipinski definition) is 5. The van der Waals surface area contributed by atoms with Crippen LogP contribution in [0.2, 0.25) is 0 Å². The fraction of sp³-hybridized carbons (Fsp3) is 0.350.